The first-order chi connectivity index (χ1) is 11.6. The van der Waals surface area contributed by atoms with Gasteiger partial charge in [-0.05, 0) is 43.2 Å². The molecule has 0 saturated carbocycles. The fraction of sp³-hybridized carbons (Fsp3) is 0.316. The third-order valence-electron chi connectivity index (χ3n) is 3.68. The Balaban J connectivity index is 2.05. The zero-order chi connectivity index (χ0) is 17.5. The summed E-state index contributed by atoms with van der Waals surface area (Å²) in [6, 6.07) is 12.9. The molecule has 1 unspecified atom stereocenters. The summed E-state index contributed by atoms with van der Waals surface area (Å²) >= 11 is 0. The van der Waals surface area contributed by atoms with Gasteiger partial charge in [0, 0.05) is 6.07 Å². The fourth-order valence-electron chi connectivity index (χ4n) is 2.21. The van der Waals surface area contributed by atoms with E-state index in [1.807, 2.05) is 24.3 Å². The van der Waals surface area contributed by atoms with Crippen molar-refractivity contribution in [3.8, 4) is 17.2 Å². The Morgan fingerprint density at radius 1 is 1.04 bits per heavy atom. The predicted octanol–water partition coefficient (Wildman–Crippen LogP) is 3.67. The highest BCUT2D eigenvalue weighted by Crippen LogP contribution is 2.29. The molecule has 0 bridgehead atoms. The summed E-state index contributed by atoms with van der Waals surface area (Å²) in [5, 5.41) is 2.81. The van der Waals surface area contributed by atoms with Crippen molar-refractivity contribution in [3.05, 3.63) is 48.0 Å². The van der Waals surface area contributed by atoms with Crippen LogP contribution in [0.25, 0.3) is 0 Å². The fourth-order valence-corrected chi connectivity index (χ4v) is 2.21. The van der Waals surface area contributed by atoms with Crippen LogP contribution in [0.2, 0.25) is 0 Å². The number of carbonyl (C=O) groups is 1. The first-order valence-electron chi connectivity index (χ1n) is 7.85. The quantitative estimate of drug-likeness (QED) is 0.842. The van der Waals surface area contributed by atoms with Crippen molar-refractivity contribution in [2.75, 3.05) is 19.5 Å². The van der Waals surface area contributed by atoms with Gasteiger partial charge in [-0.2, -0.15) is 0 Å². The molecule has 0 aliphatic rings. The summed E-state index contributed by atoms with van der Waals surface area (Å²) in [5.41, 5.74) is 1.76. The molecule has 0 heterocycles. The third kappa shape index (κ3) is 4.41. The number of benzene rings is 2. The molecule has 0 spiro atoms. The molecule has 0 saturated heterocycles. The molecule has 1 amide bonds. The van der Waals surface area contributed by atoms with Gasteiger partial charge >= 0.3 is 0 Å². The largest absolute Gasteiger partial charge is 0.497 e. The molecule has 24 heavy (non-hydrogen) atoms. The zero-order valence-corrected chi connectivity index (χ0v) is 14.5. The van der Waals surface area contributed by atoms with E-state index in [0.717, 1.165) is 6.42 Å². The van der Waals surface area contributed by atoms with Crippen LogP contribution in [0.3, 0.4) is 0 Å². The van der Waals surface area contributed by atoms with E-state index >= 15 is 0 Å². The van der Waals surface area contributed by atoms with E-state index in [0.29, 0.717) is 22.9 Å². The Morgan fingerprint density at radius 3 is 2.29 bits per heavy atom. The van der Waals surface area contributed by atoms with Gasteiger partial charge in [0.05, 0.1) is 19.9 Å². The van der Waals surface area contributed by atoms with Crippen molar-refractivity contribution in [2.24, 2.45) is 0 Å². The monoisotopic (exact) mass is 329 g/mol. The maximum Gasteiger partial charge on any atom is 0.265 e. The molecule has 2 aromatic carbocycles. The number of anilines is 1. The highest BCUT2D eigenvalue weighted by Gasteiger charge is 2.17. The van der Waals surface area contributed by atoms with Crippen LogP contribution < -0.4 is 19.5 Å². The Bertz CT molecular complexity index is 682. The van der Waals surface area contributed by atoms with E-state index in [2.05, 4.69) is 12.2 Å². The topological polar surface area (TPSA) is 56.8 Å². The number of rotatable bonds is 7. The van der Waals surface area contributed by atoms with Crippen molar-refractivity contribution in [2.45, 2.75) is 26.4 Å². The lowest BCUT2D eigenvalue weighted by Gasteiger charge is -2.17. The van der Waals surface area contributed by atoms with Crippen LogP contribution in [0.5, 0.6) is 17.2 Å². The molecule has 1 atom stereocenters. The molecular weight excluding hydrogens is 306 g/mol. The van der Waals surface area contributed by atoms with E-state index in [4.69, 9.17) is 14.2 Å². The summed E-state index contributed by atoms with van der Waals surface area (Å²) in [7, 11) is 3.12. The lowest BCUT2D eigenvalue weighted by atomic mass is 10.2. The number of methoxy groups -OCH3 is 2. The number of nitrogens with one attached hydrogen (secondary N) is 1. The van der Waals surface area contributed by atoms with E-state index in [-0.39, 0.29) is 5.91 Å². The zero-order valence-electron chi connectivity index (χ0n) is 14.5. The molecule has 128 valence electrons. The van der Waals surface area contributed by atoms with Gasteiger partial charge in [0.2, 0.25) is 0 Å². The molecule has 0 aromatic heterocycles. The number of amides is 1. The maximum absolute atomic E-state index is 12.4. The highest BCUT2D eigenvalue weighted by molar-refractivity contribution is 5.95. The summed E-state index contributed by atoms with van der Waals surface area (Å²) in [6.45, 7) is 3.79. The van der Waals surface area contributed by atoms with Crippen molar-refractivity contribution >= 4 is 11.6 Å². The standard InChI is InChI=1S/C19H23NO4/c1-5-14-6-8-15(9-7-14)24-13(2)19(21)20-17-12-16(22-3)10-11-18(17)23-4/h6-13H,5H2,1-4H3,(H,20,21). The highest BCUT2D eigenvalue weighted by atomic mass is 16.5. The van der Waals surface area contributed by atoms with E-state index in [1.54, 1.807) is 39.3 Å². The van der Waals surface area contributed by atoms with Crippen LogP contribution in [0.1, 0.15) is 19.4 Å². The minimum absolute atomic E-state index is 0.263. The second-order valence-corrected chi connectivity index (χ2v) is 5.31. The van der Waals surface area contributed by atoms with Crippen LogP contribution in [0.15, 0.2) is 42.5 Å². The first kappa shape index (κ1) is 17.7. The molecule has 0 radical (unpaired) electrons. The Morgan fingerprint density at radius 2 is 1.71 bits per heavy atom. The average molecular weight is 329 g/mol. The number of carbonyl (C=O) groups excluding carboxylic acids is 1. The van der Waals surface area contributed by atoms with Crippen LogP contribution >= 0.6 is 0 Å². The number of aryl methyl sites for hydroxylation is 1. The second-order valence-electron chi connectivity index (χ2n) is 5.31. The van der Waals surface area contributed by atoms with Gasteiger partial charge in [0.25, 0.3) is 5.91 Å². The number of hydrogen-bond acceptors (Lipinski definition) is 4. The predicted molar refractivity (Wildman–Crippen MR) is 94.1 cm³/mol. The van der Waals surface area contributed by atoms with Gasteiger partial charge in [0.15, 0.2) is 6.10 Å². The summed E-state index contributed by atoms with van der Waals surface area (Å²) in [5.74, 6) is 1.59. The van der Waals surface area contributed by atoms with Gasteiger partial charge in [-0.25, -0.2) is 0 Å². The van der Waals surface area contributed by atoms with Gasteiger partial charge in [-0.15, -0.1) is 0 Å². The Kier molecular flexibility index (Phi) is 6.07. The summed E-state index contributed by atoms with van der Waals surface area (Å²) < 4.78 is 16.1. The third-order valence-corrected chi connectivity index (χ3v) is 3.68. The minimum Gasteiger partial charge on any atom is -0.497 e. The molecule has 5 nitrogen and oxygen atoms in total. The SMILES string of the molecule is CCc1ccc(OC(C)C(=O)Nc2cc(OC)ccc2OC)cc1. The molecule has 0 fully saturated rings. The molecule has 1 N–H and O–H groups in total. The average Bonchev–Trinajstić information content (AvgIpc) is 2.62. The van der Waals surface area contributed by atoms with E-state index in [9.17, 15) is 4.79 Å². The maximum atomic E-state index is 12.4. The van der Waals surface area contributed by atoms with Crippen LogP contribution in [0, 0.1) is 0 Å². The van der Waals surface area contributed by atoms with Crippen molar-refractivity contribution in [1.82, 2.24) is 0 Å². The van der Waals surface area contributed by atoms with Crippen LogP contribution in [-0.4, -0.2) is 26.2 Å². The van der Waals surface area contributed by atoms with Crippen LogP contribution in [-0.2, 0) is 11.2 Å². The molecular formula is C19H23NO4. The number of hydrogen-bond donors (Lipinski definition) is 1. The molecule has 0 aliphatic heterocycles. The summed E-state index contributed by atoms with van der Waals surface area (Å²) in [6.07, 6.45) is 0.319. The Hall–Kier alpha value is -2.69. The lowest BCUT2D eigenvalue weighted by molar-refractivity contribution is -0.122. The lowest BCUT2D eigenvalue weighted by Crippen LogP contribution is -2.30. The first-order valence-corrected chi connectivity index (χ1v) is 7.85. The van der Waals surface area contributed by atoms with Crippen molar-refractivity contribution < 1.29 is 19.0 Å². The minimum atomic E-state index is -0.645. The van der Waals surface area contributed by atoms with Crippen LogP contribution in [0.4, 0.5) is 5.69 Å². The number of ether oxygens (including phenoxy) is 3. The smallest absolute Gasteiger partial charge is 0.265 e. The van der Waals surface area contributed by atoms with E-state index < -0.39 is 6.10 Å². The second kappa shape index (κ2) is 8.24. The molecule has 2 rings (SSSR count). The normalized spacial score (nSPS) is 11.5. The van der Waals surface area contributed by atoms with Crippen molar-refractivity contribution in [3.63, 3.8) is 0 Å². The molecule has 2 aromatic rings. The van der Waals surface area contributed by atoms with E-state index in [1.165, 1.54) is 5.56 Å². The summed E-state index contributed by atoms with van der Waals surface area (Å²) in [4.78, 5) is 12.4. The van der Waals surface area contributed by atoms with Gasteiger partial charge < -0.3 is 19.5 Å². The molecule has 0 aliphatic carbocycles. The van der Waals surface area contributed by atoms with Gasteiger partial charge in [-0.1, -0.05) is 19.1 Å². The Labute approximate surface area is 142 Å². The van der Waals surface area contributed by atoms with Crippen molar-refractivity contribution in [1.29, 1.82) is 0 Å². The van der Waals surface area contributed by atoms with Gasteiger partial charge in [0.1, 0.15) is 17.2 Å². The van der Waals surface area contributed by atoms with Gasteiger partial charge in [-0.3, -0.25) is 4.79 Å². The molecule has 5 heteroatoms.